The molecule has 0 amide bonds. The molecule has 2 nitrogen and oxygen atoms in total. The van der Waals surface area contributed by atoms with E-state index in [1.807, 2.05) is 0 Å². The van der Waals surface area contributed by atoms with Crippen molar-refractivity contribution in [1.82, 2.24) is 0 Å². The van der Waals surface area contributed by atoms with Crippen LogP contribution in [-0.4, -0.2) is 6.71 Å². The molecule has 0 spiro atoms. The Bertz CT molecular complexity index is 3020. The minimum atomic E-state index is -0.0777. The van der Waals surface area contributed by atoms with Gasteiger partial charge >= 0.3 is 0 Å². The maximum absolute atomic E-state index is 2.61. The molecule has 2 aliphatic carbocycles. The van der Waals surface area contributed by atoms with Crippen LogP contribution in [0, 0.1) is 12.3 Å². The number of nitrogens with zero attached hydrogens (tertiary/aromatic N) is 2. The van der Waals surface area contributed by atoms with Gasteiger partial charge in [0.2, 0.25) is 0 Å². The summed E-state index contributed by atoms with van der Waals surface area (Å²) in [5.41, 5.74) is 23.9. The van der Waals surface area contributed by atoms with Gasteiger partial charge in [-0.15, -0.1) is 0 Å². The average molecular weight is 833 g/mol. The Morgan fingerprint density at radius 1 is 0.516 bits per heavy atom. The van der Waals surface area contributed by atoms with Crippen LogP contribution in [0.1, 0.15) is 114 Å². The first kappa shape index (κ1) is 40.7. The molecule has 0 radical (unpaired) electrons. The third kappa shape index (κ3) is 6.13. The molecule has 3 heteroatoms. The van der Waals surface area contributed by atoms with Gasteiger partial charge in [0.05, 0.1) is 0 Å². The average Bonchev–Trinajstić information content (AvgIpc) is 3.47. The second-order valence-corrected chi connectivity index (χ2v) is 21.8. The van der Waals surface area contributed by atoms with Gasteiger partial charge in [-0.2, -0.15) is 0 Å². The predicted molar refractivity (Wildman–Crippen MR) is 276 cm³/mol. The molecule has 7 aromatic carbocycles. The number of aryl methyl sites for hydroxylation is 1. The first-order valence-electron chi connectivity index (χ1n) is 23.8. The van der Waals surface area contributed by atoms with Crippen LogP contribution < -0.4 is 26.2 Å². The van der Waals surface area contributed by atoms with Gasteiger partial charge in [0.25, 0.3) is 6.71 Å². The van der Waals surface area contributed by atoms with E-state index in [0.717, 1.165) is 0 Å². The minimum Gasteiger partial charge on any atom is -0.311 e. The molecule has 7 aromatic rings. The largest absolute Gasteiger partial charge is 0.311 e. The predicted octanol–water partition coefficient (Wildman–Crippen LogP) is 14.7. The van der Waals surface area contributed by atoms with Gasteiger partial charge in [0.15, 0.2) is 0 Å². The fourth-order valence-electron chi connectivity index (χ4n) is 12.1. The zero-order valence-corrected chi connectivity index (χ0v) is 39.3. The highest BCUT2D eigenvalue weighted by Gasteiger charge is 2.55. The molecule has 2 heterocycles. The Morgan fingerprint density at radius 3 is 1.83 bits per heavy atom. The van der Waals surface area contributed by atoms with Crippen molar-refractivity contribution in [1.29, 1.82) is 0 Å². The van der Waals surface area contributed by atoms with Crippen molar-refractivity contribution in [2.24, 2.45) is 5.41 Å². The van der Waals surface area contributed by atoms with Crippen LogP contribution in [0.25, 0.3) is 22.8 Å². The number of rotatable bonds is 4. The summed E-state index contributed by atoms with van der Waals surface area (Å²) in [5.74, 6) is 0. The fraction of sp³-hybridized carbons (Fsp3) is 0.279. The Labute approximate surface area is 382 Å². The zero-order valence-electron chi connectivity index (χ0n) is 39.3. The van der Waals surface area contributed by atoms with Gasteiger partial charge in [0, 0.05) is 45.0 Å². The molecule has 0 aromatic heterocycles. The van der Waals surface area contributed by atoms with Crippen LogP contribution in [0.5, 0.6) is 0 Å². The molecular weight excluding hydrogens is 771 g/mol. The number of para-hydroxylation sites is 2. The number of hydrogen-bond donors (Lipinski definition) is 0. The third-order valence-corrected chi connectivity index (χ3v) is 16.0. The highest BCUT2D eigenvalue weighted by Crippen LogP contribution is 2.65. The smallest absolute Gasteiger partial charge is 0.252 e. The first-order chi connectivity index (χ1) is 30.7. The van der Waals surface area contributed by atoms with Crippen molar-refractivity contribution in [2.45, 2.75) is 104 Å². The molecule has 1 saturated carbocycles. The molecule has 4 aliphatic rings. The first-order valence-corrected chi connectivity index (χ1v) is 23.8. The van der Waals surface area contributed by atoms with Crippen molar-refractivity contribution in [2.75, 3.05) is 9.80 Å². The molecule has 0 saturated heterocycles. The Hall–Kier alpha value is -6.06. The van der Waals surface area contributed by atoms with E-state index in [9.17, 15) is 0 Å². The molecule has 318 valence electrons. The molecule has 2 aliphatic heterocycles. The zero-order chi connectivity index (χ0) is 44.3. The van der Waals surface area contributed by atoms with Crippen LogP contribution in [0.4, 0.5) is 34.1 Å². The molecule has 11 rings (SSSR count). The Morgan fingerprint density at radius 2 is 1.12 bits per heavy atom. The van der Waals surface area contributed by atoms with E-state index in [1.165, 1.54) is 126 Å². The molecular formula is C61H61BN2. The number of hydrogen-bond acceptors (Lipinski definition) is 2. The molecule has 2 unspecified atom stereocenters. The van der Waals surface area contributed by atoms with Crippen molar-refractivity contribution in [3.8, 4) is 11.1 Å². The van der Waals surface area contributed by atoms with Gasteiger partial charge < -0.3 is 9.80 Å². The van der Waals surface area contributed by atoms with Gasteiger partial charge in [-0.05, 0) is 152 Å². The maximum atomic E-state index is 2.61. The lowest BCUT2D eigenvalue weighted by Crippen LogP contribution is -2.61. The standard InChI is InChI=1S/C61H61BN2/c1-40-19-13-14-22-47(40)42-26-31-48-49(60(8)33-17-18-34-61(60,9)50(48)37-42)35-41-25-32-52-54(36-41)64(46-29-27-43(28-30-46)58(2,3)4)56-39-44(59(5,6)7)38-55-57(56)62(52)51-23-15-16-24-53(51)63(55)45-20-11-10-12-21-45/h10-16,19-32,35-39H,17-18,33-34H2,1-9H3/b49-35+. The Kier molecular flexibility index (Phi) is 9.21. The summed E-state index contributed by atoms with van der Waals surface area (Å²) < 4.78 is 0. The third-order valence-electron chi connectivity index (χ3n) is 16.0. The van der Waals surface area contributed by atoms with Crippen LogP contribution in [0.15, 0.2) is 152 Å². The van der Waals surface area contributed by atoms with Crippen LogP contribution in [-0.2, 0) is 16.2 Å². The van der Waals surface area contributed by atoms with E-state index >= 15 is 0 Å². The minimum absolute atomic E-state index is 0.0304. The van der Waals surface area contributed by atoms with E-state index in [4.69, 9.17) is 0 Å². The van der Waals surface area contributed by atoms with Gasteiger partial charge in [-0.1, -0.05) is 171 Å². The second-order valence-electron chi connectivity index (χ2n) is 21.8. The quantitative estimate of drug-likeness (QED) is 0.163. The van der Waals surface area contributed by atoms with Crippen molar-refractivity contribution in [3.63, 3.8) is 0 Å². The number of anilines is 6. The SMILES string of the molecule is Cc1ccccc1-c1ccc2c(c1)C1(C)CCCCC1(C)/C2=C/c1ccc2c(c1)N(c1ccc(C(C)(C)C)cc1)c1cc(C(C)(C)C)cc3c1B2c1ccccc1N3c1ccccc1. The van der Waals surface area contributed by atoms with Gasteiger partial charge in [-0.25, -0.2) is 0 Å². The molecule has 1 fully saturated rings. The topological polar surface area (TPSA) is 6.48 Å². The van der Waals surface area contributed by atoms with Crippen LogP contribution in [0.3, 0.4) is 0 Å². The monoisotopic (exact) mass is 832 g/mol. The molecule has 64 heavy (non-hydrogen) atoms. The van der Waals surface area contributed by atoms with Crippen molar-refractivity contribution < 1.29 is 0 Å². The van der Waals surface area contributed by atoms with Crippen LogP contribution >= 0.6 is 0 Å². The number of fused-ring (bicyclic) bond motifs is 7. The van der Waals surface area contributed by atoms with E-state index in [2.05, 4.69) is 230 Å². The van der Waals surface area contributed by atoms with Gasteiger partial charge in [0.1, 0.15) is 0 Å². The normalized spacial score (nSPS) is 20.4. The van der Waals surface area contributed by atoms with Crippen molar-refractivity contribution in [3.05, 3.63) is 185 Å². The number of benzene rings is 7. The number of allylic oxidation sites excluding steroid dienone is 1. The van der Waals surface area contributed by atoms with E-state index in [0.29, 0.717) is 0 Å². The highest BCUT2D eigenvalue weighted by atomic mass is 15.2. The summed E-state index contributed by atoms with van der Waals surface area (Å²) in [6, 6.07) is 58.3. The fourth-order valence-corrected chi connectivity index (χ4v) is 12.1. The summed E-state index contributed by atoms with van der Waals surface area (Å²) in [6.07, 6.45) is 7.54. The second kappa shape index (κ2) is 14.5. The van der Waals surface area contributed by atoms with Crippen molar-refractivity contribution >= 4 is 68.9 Å². The lowest BCUT2D eigenvalue weighted by atomic mass is 9.33. The van der Waals surface area contributed by atoms with E-state index in [-0.39, 0.29) is 28.4 Å². The highest BCUT2D eigenvalue weighted by molar-refractivity contribution is 7.00. The van der Waals surface area contributed by atoms with Crippen LogP contribution in [0.2, 0.25) is 0 Å². The summed E-state index contributed by atoms with van der Waals surface area (Å²) in [5, 5.41) is 0. The summed E-state index contributed by atoms with van der Waals surface area (Å²) >= 11 is 0. The summed E-state index contributed by atoms with van der Waals surface area (Å²) in [4.78, 5) is 5.13. The Balaban J connectivity index is 1.16. The lowest BCUT2D eigenvalue weighted by molar-refractivity contribution is 0.165. The molecule has 2 atom stereocenters. The maximum Gasteiger partial charge on any atom is 0.252 e. The van der Waals surface area contributed by atoms with E-state index < -0.39 is 0 Å². The molecule has 0 N–H and O–H groups in total. The van der Waals surface area contributed by atoms with Gasteiger partial charge in [-0.3, -0.25) is 0 Å². The lowest BCUT2D eigenvalue weighted by Gasteiger charge is -2.47. The summed E-state index contributed by atoms with van der Waals surface area (Å²) in [6.45, 7) is 21.5. The summed E-state index contributed by atoms with van der Waals surface area (Å²) in [7, 11) is 0. The molecule has 0 bridgehead atoms. The van der Waals surface area contributed by atoms with E-state index in [1.54, 1.807) is 0 Å².